The molecule has 0 fully saturated rings. The van der Waals surface area contributed by atoms with Gasteiger partial charge in [0.05, 0.1) is 23.7 Å². The van der Waals surface area contributed by atoms with Crippen molar-refractivity contribution < 1.29 is 18.6 Å². The maximum Gasteiger partial charge on any atom is 0.178 e. The molecular weight excluding hydrogens is 342 g/mol. The van der Waals surface area contributed by atoms with Crippen molar-refractivity contribution in [2.24, 2.45) is 0 Å². The molecule has 0 aliphatic carbocycles. The Hall–Kier alpha value is -3.26. The second-order valence-corrected chi connectivity index (χ2v) is 5.60. The van der Waals surface area contributed by atoms with Gasteiger partial charge in [-0.25, -0.2) is 18.7 Å². The number of hydrogen-bond acceptors (Lipinski definition) is 4. The van der Waals surface area contributed by atoms with E-state index in [4.69, 9.17) is 4.74 Å². The van der Waals surface area contributed by atoms with Gasteiger partial charge in [-0.3, -0.25) is 4.57 Å². The van der Waals surface area contributed by atoms with E-state index in [1.807, 2.05) is 0 Å². The van der Waals surface area contributed by atoms with Crippen LogP contribution in [0.15, 0.2) is 42.7 Å². The highest BCUT2D eigenvalue weighted by atomic mass is 19.1. The van der Waals surface area contributed by atoms with Gasteiger partial charge in [0.15, 0.2) is 17.4 Å². The molecule has 4 aromatic rings. The summed E-state index contributed by atoms with van der Waals surface area (Å²) < 4.78 is 35.5. The molecule has 0 spiro atoms. The van der Waals surface area contributed by atoms with E-state index in [1.165, 1.54) is 19.4 Å². The van der Waals surface area contributed by atoms with Gasteiger partial charge < -0.3 is 14.8 Å². The van der Waals surface area contributed by atoms with Gasteiger partial charge in [0.25, 0.3) is 0 Å². The van der Waals surface area contributed by atoms with Crippen LogP contribution >= 0.6 is 0 Å². The Kier molecular flexibility index (Phi) is 3.89. The average Bonchev–Trinajstić information content (AvgIpc) is 3.27. The lowest BCUT2D eigenvalue weighted by atomic mass is 10.1. The number of H-pyrrole nitrogens is 1. The van der Waals surface area contributed by atoms with Crippen LogP contribution in [-0.4, -0.2) is 31.7 Å². The first-order valence-corrected chi connectivity index (χ1v) is 7.78. The normalized spacial score (nSPS) is 11.2. The third kappa shape index (κ3) is 2.51. The minimum Gasteiger partial charge on any atom is -0.494 e. The second-order valence-electron chi connectivity index (χ2n) is 5.60. The maximum absolute atomic E-state index is 14.6. The highest BCUT2D eigenvalue weighted by Crippen LogP contribution is 2.32. The number of methoxy groups -OCH3 is 1. The van der Waals surface area contributed by atoms with Crippen LogP contribution in [0, 0.1) is 11.6 Å². The van der Waals surface area contributed by atoms with Gasteiger partial charge in [-0.1, -0.05) is 0 Å². The molecule has 2 aromatic heterocycles. The minimum atomic E-state index is -0.815. The van der Waals surface area contributed by atoms with Gasteiger partial charge in [-0.2, -0.15) is 0 Å². The summed E-state index contributed by atoms with van der Waals surface area (Å²) in [7, 11) is 1.32. The van der Waals surface area contributed by atoms with E-state index in [0.717, 1.165) is 6.07 Å². The van der Waals surface area contributed by atoms with Crippen molar-refractivity contribution in [2.75, 3.05) is 7.11 Å². The van der Waals surface area contributed by atoms with Gasteiger partial charge in [-0.05, 0) is 30.3 Å². The summed E-state index contributed by atoms with van der Waals surface area (Å²) in [6, 6.07) is 7.65. The van der Waals surface area contributed by atoms with E-state index >= 15 is 0 Å². The second kappa shape index (κ2) is 6.23. The summed E-state index contributed by atoms with van der Waals surface area (Å²) >= 11 is 0. The monoisotopic (exact) mass is 356 g/mol. The van der Waals surface area contributed by atoms with Gasteiger partial charge in [0.2, 0.25) is 0 Å². The Morgan fingerprint density at radius 1 is 1.23 bits per heavy atom. The van der Waals surface area contributed by atoms with E-state index in [0.29, 0.717) is 22.5 Å². The van der Waals surface area contributed by atoms with Gasteiger partial charge >= 0.3 is 0 Å². The number of fused-ring (bicyclic) bond motifs is 1. The molecule has 6 nitrogen and oxygen atoms in total. The van der Waals surface area contributed by atoms with Crippen LogP contribution in [0.1, 0.15) is 5.82 Å². The molecule has 4 rings (SSSR count). The topological polar surface area (TPSA) is 76.0 Å². The van der Waals surface area contributed by atoms with E-state index in [2.05, 4.69) is 15.0 Å². The molecule has 2 N–H and O–H groups in total. The lowest BCUT2D eigenvalue weighted by molar-refractivity contribution is 0.273. The van der Waals surface area contributed by atoms with Crippen LogP contribution in [-0.2, 0) is 6.61 Å². The highest BCUT2D eigenvalue weighted by molar-refractivity contribution is 5.78. The lowest BCUT2D eigenvalue weighted by Gasteiger charge is -2.11. The Morgan fingerprint density at radius 3 is 2.85 bits per heavy atom. The van der Waals surface area contributed by atoms with Crippen LogP contribution in [0.5, 0.6) is 5.75 Å². The van der Waals surface area contributed by atoms with Crippen molar-refractivity contribution in [1.29, 1.82) is 0 Å². The number of imidazole rings is 2. The van der Waals surface area contributed by atoms with Crippen molar-refractivity contribution in [3.05, 3.63) is 60.2 Å². The van der Waals surface area contributed by atoms with Gasteiger partial charge in [0.1, 0.15) is 18.2 Å². The Balaban J connectivity index is 1.88. The number of aromatic nitrogens is 4. The molecular formula is C18H14F2N4O2. The van der Waals surface area contributed by atoms with E-state index < -0.39 is 11.6 Å². The first-order chi connectivity index (χ1) is 12.6. The number of nitrogens with zero attached hydrogens (tertiary/aromatic N) is 3. The summed E-state index contributed by atoms with van der Waals surface area (Å²) in [5, 5.41) is 9.19. The molecule has 0 saturated carbocycles. The third-order valence-electron chi connectivity index (χ3n) is 4.08. The van der Waals surface area contributed by atoms with Crippen molar-refractivity contribution in [1.82, 2.24) is 19.5 Å². The standard InChI is InChI=1S/C18H14F2N4O2/c1-26-14-5-3-11(19)16(17(14)20)18-21-6-7-24(18)10-2-4-12-13(8-10)23-15(9-25)22-12/h2-8,25H,9H2,1H3,(H,22,23). The van der Waals surface area contributed by atoms with Gasteiger partial charge in [-0.15, -0.1) is 0 Å². The summed E-state index contributed by atoms with van der Waals surface area (Å²) in [4.78, 5) is 11.3. The van der Waals surface area contributed by atoms with Crippen molar-refractivity contribution in [2.45, 2.75) is 6.61 Å². The van der Waals surface area contributed by atoms with Crippen LogP contribution in [0.3, 0.4) is 0 Å². The number of aliphatic hydroxyl groups excluding tert-OH is 1. The number of aliphatic hydroxyl groups is 1. The van der Waals surface area contributed by atoms with Crippen LogP contribution in [0.25, 0.3) is 28.1 Å². The summed E-state index contributed by atoms with van der Waals surface area (Å²) in [5.41, 5.74) is 1.74. The molecule has 0 aliphatic rings. The zero-order chi connectivity index (χ0) is 18.3. The molecule has 26 heavy (non-hydrogen) atoms. The van der Waals surface area contributed by atoms with Crippen molar-refractivity contribution in [3.8, 4) is 22.8 Å². The number of halogens is 2. The fourth-order valence-electron chi connectivity index (χ4n) is 2.87. The quantitative estimate of drug-likeness (QED) is 0.589. The van der Waals surface area contributed by atoms with Crippen LogP contribution in [0.4, 0.5) is 8.78 Å². The number of hydrogen-bond donors (Lipinski definition) is 2. The first-order valence-electron chi connectivity index (χ1n) is 7.78. The van der Waals surface area contributed by atoms with E-state index in [9.17, 15) is 13.9 Å². The molecule has 132 valence electrons. The Morgan fingerprint density at radius 2 is 2.08 bits per heavy atom. The van der Waals surface area contributed by atoms with E-state index in [-0.39, 0.29) is 23.7 Å². The molecule has 0 radical (unpaired) electrons. The lowest BCUT2D eigenvalue weighted by Crippen LogP contribution is -2.02. The van der Waals surface area contributed by atoms with E-state index in [1.54, 1.807) is 29.0 Å². The number of benzene rings is 2. The highest BCUT2D eigenvalue weighted by Gasteiger charge is 2.21. The SMILES string of the molecule is COc1ccc(F)c(-c2nccn2-c2ccc3nc(CO)[nH]c3c2)c1F. The molecule has 0 amide bonds. The molecule has 0 bridgehead atoms. The zero-order valence-corrected chi connectivity index (χ0v) is 13.7. The molecule has 0 unspecified atom stereocenters. The zero-order valence-electron chi connectivity index (χ0n) is 13.7. The number of nitrogens with one attached hydrogen (secondary N) is 1. The minimum absolute atomic E-state index is 0.0624. The molecule has 8 heteroatoms. The molecule has 0 saturated heterocycles. The molecule has 0 atom stereocenters. The largest absolute Gasteiger partial charge is 0.494 e. The Labute approximate surface area is 146 Å². The smallest absolute Gasteiger partial charge is 0.178 e. The number of rotatable bonds is 4. The predicted molar refractivity (Wildman–Crippen MR) is 91.0 cm³/mol. The molecule has 2 heterocycles. The van der Waals surface area contributed by atoms with Crippen molar-refractivity contribution in [3.63, 3.8) is 0 Å². The maximum atomic E-state index is 14.6. The summed E-state index contributed by atoms with van der Waals surface area (Å²) in [6.45, 7) is -0.208. The molecule has 0 aliphatic heterocycles. The fourth-order valence-corrected chi connectivity index (χ4v) is 2.87. The van der Waals surface area contributed by atoms with Crippen LogP contribution in [0.2, 0.25) is 0 Å². The number of ether oxygens (including phenoxy) is 1. The van der Waals surface area contributed by atoms with Gasteiger partial charge in [0, 0.05) is 18.1 Å². The fraction of sp³-hybridized carbons (Fsp3) is 0.111. The number of aromatic amines is 1. The van der Waals surface area contributed by atoms with Crippen LogP contribution < -0.4 is 4.74 Å². The molecule has 2 aromatic carbocycles. The summed E-state index contributed by atoms with van der Waals surface area (Å²) in [5.74, 6) is -1.06. The average molecular weight is 356 g/mol. The predicted octanol–water partition coefficient (Wildman–Crippen LogP) is 3.19. The Bertz CT molecular complexity index is 1100. The first kappa shape index (κ1) is 16.2. The van der Waals surface area contributed by atoms with Crippen molar-refractivity contribution >= 4 is 11.0 Å². The third-order valence-corrected chi connectivity index (χ3v) is 4.08. The summed E-state index contributed by atoms with van der Waals surface area (Å²) in [6.07, 6.45) is 3.07.